The van der Waals surface area contributed by atoms with Crippen LogP contribution in [0.1, 0.15) is 51.9 Å². The van der Waals surface area contributed by atoms with Gasteiger partial charge in [0, 0.05) is 30.2 Å². The molecule has 0 spiro atoms. The van der Waals surface area contributed by atoms with E-state index in [1.165, 1.54) is 0 Å². The van der Waals surface area contributed by atoms with Crippen LogP contribution in [0.5, 0.6) is 11.5 Å². The average Bonchev–Trinajstić information content (AvgIpc) is 2.46. The number of halogens is 2. The van der Waals surface area contributed by atoms with Crippen LogP contribution in [-0.4, -0.2) is 35.6 Å². The van der Waals surface area contributed by atoms with E-state index in [1.807, 2.05) is 59.7 Å². The number of hydrogen-bond donors (Lipinski definition) is 0. The van der Waals surface area contributed by atoms with Crippen molar-refractivity contribution in [3.05, 3.63) is 52.0 Å². The second kappa shape index (κ2) is 9.88. The Kier molecular flexibility index (Phi) is 8.95. The molecule has 0 saturated carbocycles. The first-order valence-electron chi connectivity index (χ1n) is 8.63. The molecule has 1 unspecified atom stereocenters. The zero-order chi connectivity index (χ0) is 20.4. The summed E-state index contributed by atoms with van der Waals surface area (Å²) >= 11 is 12.4. The zero-order valence-corrected chi connectivity index (χ0v) is 20.0. The molecule has 2 rings (SSSR count). The average molecular weight is 434 g/mol. The summed E-state index contributed by atoms with van der Waals surface area (Å²) in [5.41, 5.74) is -0.529. The summed E-state index contributed by atoms with van der Waals surface area (Å²) in [5, 5.41) is 1.49. The summed E-state index contributed by atoms with van der Waals surface area (Å²) < 4.78 is 12.0. The third-order valence-electron chi connectivity index (χ3n) is 3.23. The molecule has 0 amide bonds. The zero-order valence-electron chi connectivity index (χ0n) is 17.4. The van der Waals surface area contributed by atoms with Crippen molar-refractivity contribution in [3.8, 4) is 11.5 Å². The minimum atomic E-state index is -0.412. The van der Waals surface area contributed by atoms with Crippen LogP contribution >= 0.6 is 31.8 Å². The molecule has 0 aromatic heterocycles. The smallest absolute Gasteiger partial charge is 0.188 e. The molecular formula is C21H25Cl2LiO3P. The minimum absolute atomic E-state index is 0. The number of hydrogen-bond acceptors (Lipinski definition) is 3. The Morgan fingerprint density at radius 2 is 1.43 bits per heavy atom. The van der Waals surface area contributed by atoms with Crippen molar-refractivity contribution < 1.29 is 14.3 Å². The first-order valence-corrected chi connectivity index (χ1v) is 10.4. The fourth-order valence-electron chi connectivity index (χ4n) is 2.34. The fraction of sp³-hybridized carbons (Fsp3) is 0.381. The Morgan fingerprint density at radius 3 is 1.93 bits per heavy atom. The van der Waals surface area contributed by atoms with E-state index in [-0.39, 0.29) is 38.6 Å². The summed E-state index contributed by atoms with van der Waals surface area (Å²) in [6, 6.07) is 10.6. The molecule has 0 fully saturated rings. The van der Waals surface area contributed by atoms with E-state index in [1.54, 1.807) is 18.2 Å². The molecule has 1 atom stereocenters. The standard InChI is InChI=1S/C21H25Cl2O3P.Li/c1-20(2,3)25-13-10-11-17(16(12-13)26-21(4,5)6)27-19(24)18-14(22)8-7-9-15(18)23;/h7-12,27H,1-6H3;. The van der Waals surface area contributed by atoms with Gasteiger partial charge in [0.1, 0.15) is 22.7 Å². The van der Waals surface area contributed by atoms with E-state index < -0.39 is 5.60 Å². The summed E-state index contributed by atoms with van der Waals surface area (Å²) in [6.07, 6.45) is 0. The molecule has 0 heterocycles. The molecule has 2 aromatic rings. The van der Waals surface area contributed by atoms with Crippen LogP contribution in [-0.2, 0) is 0 Å². The first kappa shape index (κ1) is 25.4. The second-order valence-corrected chi connectivity index (χ2v) is 10.2. The molecule has 1 radical (unpaired) electrons. The van der Waals surface area contributed by atoms with Gasteiger partial charge in [-0.3, -0.25) is 4.79 Å². The first-order chi connectivity index (χ1) is 12.4. The fourth-order valence-corrected chi connectivity index (χ4v) is 4.12. The van der Waals surface area contributed by atoms with Gasteiger partial charge in [-0.2, -0.15) is 0 Å². The molecule has 0 aliphatic heterocycles. The maximum absolute atomic E-state index is 12.8. The van der Waals surface area contributed by atoms with Crippen LogP contribution in [0, 0.1) is 0 Å². The normalized spacial score (nSPS) is 12.0. The van der Waals surface area contributed by atoms with Gasteiger partial charge in [-0.05, 0) is 74.4 Å². The van der Waals surface area contributed by atoms with Crippen LogP contribution in [0.25, 0.3) is 0 Å². The number of rotatable bonds is 5. The van der Waals surface area contributed by atoms with Gasteiger partial charge in [-0.15, -0.1) is 0 Å². The molecule has 0 N–H and O–H groups in total. The summed E-state index contributed by atoms with van der Waals surface area (Å²) in [5.74, 6) is 1.32. The Labute approximate surface area is 191 Å². The maximum atomic E-state index is 12.8. The summed E-state index contributed by atoms with van der Waals surface area (Å²) in [4.78, 5) is 12.8. The molecule has 0 bridgehead atoms. The number of carbonyl (C=O) groups excluding carboxylic acids is 1. The monoisotopic (exact) mass is 433 g/mol. The van der Waals surface area contributed by atoms with E-state index in [4.69, 9.17) is 32.7 Å². The third-order valence-corrected chi connectivity index (χ3v) is 5.02. The van der Waals surface area contributed by atoms with Gasteiger partial charge in [0.05, 0.1) is 15.6 Å². The summed E-state index contributed by atoms with van der Waals surface area (Å²) in [6.45, 7) is 11.8. The van der Waals surface area contributed by atoms with Crippen molar-refractivity contribution in [1.82, 2.24) is 0 Å². The van der Waals surface area contributed by atoms with Crippen molar-refractivity contribution in [2.75, 3.05) is 0 Å². The molecular weight excluding hydrogens is 409 g/mol. The van der Waals surface area contributed by atoms with E-state index in [9.17, 15) is 4.79 Å². The van der Waals surface area contributed by atoms with Gasteiger partial charge in [-0.25, -0.2) is 0 Å². The molecule has 7 heteroatoms. The molecule has 0 aliphatic rings. The van der Waals surface area contributed by atoms with Gasteiger partial charge < -0.3 is 9.47 Å². The minimum Gasteiger partial charge on any atom is -0.488 e. The molecule has 0 aliphatic carbocycles. The molecule has 3 nitrogen and oxygen atoms in total. The topological polar surface area (TPSA) is 35.5 Å². The van der Waals surface area contributed by atoms with Crippen LogP contribution in [0.3, 0.4) is 0 Å². The SMILES string of the molecule is CC(C)(C)Oc1ccc(PC(=O)c2c(Cl)cccc2Cl)c(OC(C)(C)C)c1.[Li]. The van der Waals surface area contributed by atoms with E-state index in [2.05, 4.69) is 0 Å². The Hall–Kier alpha value is -0.683. The second-order valence-electron chi connectivity index (χ2n) is 8.14. The van der Waals surface area contributed by atoms with Crippen LogP contribution in [0.2, 0.25) is 10.0 Å². The van der Waals surface area contributed by atoms with Crippen molar-refractivity contribution in [1.29, 1.82) is 0 Å². The van der Waals surface area contributed by atoms with Gasteiger partial charge in [0.25, 0.3) is 0 Å². The molecule has 0 saturated heterocycles. The Balaban J connectivity index is 0.00000392. The van der Waals surface area contributed by atoms with Crippen molar-refractivity contribution >= 4 is 61.5 Å². The van der Waals surface area contributed by atoms with Crippen molar-refractivity contribution in [2.45, 2.75) is 52.7 Å². The van der Waals surface area contributed by atoms with Gasteiger partial charge in [0.2, 0.25) is 0 Å². The number of carbonyl (C=O) groups is 1. The Morgan fingerprint density at radius 1 is 0.893 bits per heavy atom. The van der Waals surface area contributed by atoms with Crippen LogP contribution < -0.4 is 14.8 Å². The number of benzene rings is 2. The Bertz CT molecular complexity index is 822. The third kappa shape index (κ3) is 7.62. The molecule has 147 valence electrons. The largest absolute Gasteiger partial charge is 0.488 e. The number of ether oxygens (including phenoxy) is 2. The predicted octanol–water partition coefficient (Wildman–Crippen LogP) is 6.11. The van der Waals surface area contributed by atoms with Gasteiger partial charge in [-0.1, -0.05) is 29.3 Å². The van der Waals surface area contributed by atoms with E-state index in [0.717, 1.165) is 5.30 Å². The quantitative estimate of drug-likeness (QED) is 0.421. The molecule has 2 aromatic carbocycles. The van der Waals surface area contributed by atoms with Crippen LogP contribution in [0.4, 0.5) is 0 Å². The van der Waals surface area contributed by atoms with E-state index >= 15 is 0 Å². The van der Waals surface area contributed by atoms with Crippen molar-refractivity contribution in [3.63, 3.8) is 0 Å². The van der Waals surface area contributed by atoms with Crippen LogP contribution in [0.15, 0.2) is 36.4 Å². The van der Waals surface area contributed by atoms with Gasteiger partial charge >= 0.3 is 0 Å². The maximum Gasteiger partial charge on any atom is 0.188 e. The van der Waals surface area contributed by atoms with E-state index in [0.29, 0.717) is 27.1 Å². The predicted molar refractivity (Wildman–Crippen MR) is 122 cm³/mol. The van der Waals surface area contributed by atoms with Crippen molar-refractivity contribution in [2.24, 2.45) is 0 Å². The summed E-state index contributed by atoms with van der Waals surface area (Å²) in [7, 11) is -0.171. The van der Waals surface area contributed by atoms with Gasteiger partial charge in [0.15, 0.2) is 5.52 Å². The molecule has 28 heavy (non-hydrogen) atoms.